The fourth-order valence-electron chi connectivity index (χ4n) is 4.31. The summed E-state index contributed by atoms with van der Waals surface area (Å²) >= 11 is 0. The van der Waals surface area contributed by atoms with E-state index in [2.05, 4.69) is 10.6 Å². The summed E-state index contributed by atoms with van der Waals surface area (Å²) in [5.41, 5.74) is 3.04. The SMILES string of the molecule is Cn1c(=O)n(C2CCC(=O)NC2=O)c2cccc(C3=CCC(NC(=O)O)CC3)c21. The van der Waals surface area contributed by atoms with Crippen molar-refractivity contribution in [2.75, 3.05) is 0 Å². The molecule has 29 heavy (non-hydrogen) atoms. The van der Waals surface area contributed by atoms with E-state index in [4.69, 9.17) is 5.11 Å². The van der Waals surface area contributed by atoms with E-state index in [1.165, 1.54) is 9.13 Å². The highest BCUT2D eigenvalue weighted by Crippen LogP contribution is 2.33. The minimum Gasteiger partial charge on any atom is -0.465 e. The molecule has 9 heteroatoms. The largest absolute Gasteiger partial charge is 0.465 e. The number of carbonyl (C=O) groups is 3. The third-order valence-electron chi connectivity index (χ3n) is 5.71. The highest BCUT2D eigenvalue weighted by molar-refractivity contribution is 6.00. The Morgan fingerprint density at radius 3 is 2.66 bits per heavy atom. The molecule has 0 saturated carbocycles. The number of aryl methyl sites for hydroxylation is 1. The third kappa shape index (κ3) is 3.32. The molecule has 3 N–H and O–H groups in total. The summed E-state index contributed by atoms with van der Waals surface area (Å²) < 4.78 is 3.01. The summed E-state index contributed by atoms with van der Waals surface area (Å²) in [6.45, 7) is 0. The molecule has 2 atom stereocenters. The zero-order chi connectivity index (χ0) is 20.7. The zero-order valence-corrected chi connectivity index (χ0v) is 16.0. The molecular weight excluding hydrogens is 376 g/mol. The average molecular weight is 398 g/mol. The molecule has 1 fully saturated rings. The van der Waals surface area contributed by atoms with Crippen LogP contribution in [0, 0.1) is 0 Å². The molecule has 2 heterocycles. The lowest BCUT2D eigenvalue weighted by Gasteiger charge is -2.23. The molecule has 0 spiro atoms. The maximum atomic E-state index is 13.0. The second-order valence-electron chi connectivity index (χ2n) is 7.50. The van der Waals surface area contributed by atoms with Gasteiger partial charge in [0.15, 0.2) is 0 Å². The third-order valence-corrected chi connectivity index (χ3v) is 5.71. The van der Waals surface area contributed by atoms with Gasteiger partial charge in [-0.05, 0) is 37.3 Å². The summed E-state index contributed by atoms with van der Waals surface area (Å²) in [6, 6.07) is 4.76. The Bertz CT molecular complexity index is 1110. The Hall–Kier alpha value is -3.36. The van der Waals surface area contributed by atoms with E-state index < -0.39 is 18.0 Å². The maximum Gasteiger partial charge on any atom is 0.404 e. The van der Waals surface area contributed by atoms with Crippen LogP contribution >= 0.6 is 0 Å². The van der Waals surface area contributed by atoms with Crippen LogP contribution in [0.1, 0.15) is 43.7 Å². The van der Waals surface area contributed by atoms with Gasteiger partial charge in [0.25, 0.3) is 0 Å². The van der Waals surface area contributed by atoms with Gasteiger partial charge in [-0.2, -0.15) is 0 Å². The molecule has 0 bridgehead atoms. The minimum atomic E-state index is -1.03. The highest BCUT2D eigenvalue weighted by Gasteiger charge is 2.32. The van der Waals surface area contributed by atoms with E-state index in [0.717, 1.165) is 16.7 Å². The fraction of sp³-hybridized carbons (Fsp3) is 0.400. The van der Waals surface area contributed by atoms with Crippen LogP contribution in [-0.2, 0) is 16.6 Å². The zero-order valence-electron chi connectivity index (χ0n) is 16.0. The number of amides is 3. The van der Waals surface area contributed by atoms with Gasteiger partial charge >= 0.3 is 11.8 Å². The van der Waals surface area contributed by atoms with Crippen molar-refractivity contribution in [3.8, 4) is 0 Å². The van der Waals surface area contributed by atoms with Gasteiger partial charge in [-0.1, -0.05) is 18.2 Å². The number of imidazole rings is 1. The average Bonchev–Trinajstić information content (AvgIpc) is 2.93. The molecule has 1 aromatic heterocycles. The lowest BCUT2D eigenvalue weighted by atomic mass is 9.90. The normalized spacial score (nSPS) is 22.3. The van der Waals surface area contributed by atoms with Crippen LogP contribution < -0.4 is 16.3 Å². The molecular formula is C20H22N4O5. The molecule has 3 amide bonds. The van der Waals surface area contributed by atoms with Crippen molar-refractivity contribution < 1.29 is 19.5 Å². The number of carboxylic acid groups (broad SMARTS) is 1. The Labute approximate surface area is 166 Å². The van der Waals surface area contributed by atoms with Crippen LogP contribution in [0.3, 0.4) is 0 Å². The summed E-state index contributed by atoms with van der Waals surface area (Å²) in [5.74, 6) is -0.780. The van der Waals surface area contributed by atoms with E-state index in [1.54, 1.807) is 7.05 Å². The highest BCUT2D eigenvalue weighted by atomic mass is 16.4. The van der Waals surface area contributed by atoms with E-state index in [9.17, 15) is 19.2 Å². The number of piperidine rings is 1. The smallest absolute Gasteiger partial charge is 0.404 e. The number of para-hydroxylation sites is 1. The van der Waals surface area contributed by atoms with Crippen molar-refractivity contribution in [3.05, 3.63) is 40.3 Å². The summed E-state index contributed by atoms with van der Waals surface area (Å²) in [5, 5.41) is 13.7. The van der Waals surface area contributed by atoms with Gasteiger partial charge in [-0.15, -0.1) is 0 Å². The first kappa shape index (κ1) is 19.0. The van der Waals surface area contributed by atoms with Gasteiger partial charge in [-0.3, -0.25) is 24.0 Å². The summed E-state index contributed by atoms with van der Waals surface area (Å²) in [4.78, 5) is 47.7. The molecule has 1 aliphatic heterocycles. The van der Waals surface area contributed by atoms with E-state index in [0.29, 0.717) is 31.2 Å². The van der Waals surface area contributed by atoms with E-state index in [1.807, 2.05) is 24.3 Å². The predicted molar refractivity (Wildman–Crippen MR) is 105 cm³/mol. The Morgan fingerprint density at radius 1 is 1.21 bits per heavy atom. The number of hydrogen-bond acceptors (Lipinski definition) is 4. The van der Waals surface area contributed by atoms with Crippen molar-refractivity contribution in [1.29, 1.82) is 0 Å². The first-order valence-electron chi connectivity index (χ1n) is 9.59. The van der Waals surface area contributed by atoms with E-state index in [-0.39, 0.29) is 24.1 Å². The second kappa shape index (κ2) is 7.23. The fourth-order valence-corrected chi connectivity index (χ4v) is 4.31. The number of benzene rings is 1. The van der Waals surface area contributed by atoms with Crippen molar-refractivity contribution in [3.63, 3.8) is 0 Å². The molecule has 2 unspecified atom stereocenters. The first-order valence-corrected chi connectivity index (χ1v) is 9.59. The Kier molecular flexibility index (Phi) is 4.73. The number of hydrogen-bond donors (Lipinski definition) is 3. The summed E-state index contributed by atoms with van der Waals surface area (Å²) in [6.07, 6.45) is 3.41. The molecule has 1 aromatic carbocycles. The molecule has 4 rings (SSSR count). The molecule has 1 saturated heterocycles. The van der Waals surface area contributed by atoms with Gasteiger partial charge in [0.05, 0.1) is 11.0 Å². The van der Waals surface area contributed by atoms with Gasteiger partial charge in [0.1, 0.15) is 6.04 Å². The Morgan fingerprint density at radius 2 is 2.00 bits per heavy atom. The van der Waals surface area contributed by atoms with Crippen LogP contribution in [0.25, 0.3) is 16.6 Å². The number of carbonyl (C=O) groups excluding carboxylic acids is 2. The molecule has 152 valence electrons. The van der Waals surface area contributed by atoms with Crippen molar-refractivity contribution in [1.82, 2.24) is 19.8 Å². The minimum absolute atomic E-state index is 0.118. The number of nitrogens with zero attached hydrogens (tertiary/aromatic N) is 2. The molecule has 0 radical (unpaired) electrons. The van der Waals surface area contributed by atoms with Crippen molar-refractivity contribution in [2.24, 2.45) is 7.05 Å². The number of allylic oxidation sites excluding steroid dienone is 1. The maximum absolute atomic E-state index is 13.0. The number of rotatable bonds is 3. The van der Waals surface area contributed by atoms with E-state index >= 15 is 0 Å². The number of aromatic nitrogens is 2. The molecule has 1 aliphatic carbocycles. The van der Waals surface area contributed by atoms with Crippen LogP contribution in [0.2, 0.25) is 0 Å². The van der Waals surface area contributed by atoms with Crippen LogP contribution in [-0.4, -0.2) is 38.2 Å². The van der Waals surface area contributed by atoms with Gasteiger partial charge in [0, 0.05) is 25.1 Å². The number of imide groups is 1. The van der Waals surface area contributed by atoms with Crippen molar-refractivity contribution in [2.45, 2.75) is 44.2 Å². The topological polar surface area (TPSA) is 122 Å². The lowest BCUT2D eigenvalue weighted by Crippen LogP contribution is -2.44. The van der Waals surface area contributed by atoms with Crippen LogP contribution in [0.4, 0.5) is 4.79 Å². The summed E-state index contributed by atoms with van der Waals surface area (Å²) in [7, 11) is 1.68. The molecule has 9 nitrogen and oxygen atoms in total. The van der Waals surface area contributed by atoms with Crippen LogP contribution in [0.15, 0.2) is 29.1 Å². The Balaban J connectivity index is 1.76. The molecule has 2 aromatic rings. The van der Waals surface area contributed by atoms with Gasteiger partial charge in [0.2, 0.25) is 11.8 Å². The predicted octanol–water partition coefficient (Wildman–Crippen LogP) is 1.52. The van der Waals surface area contributed by atoms with Gasteiger partial charge < -0.3 is 10.4 Å². The van der Waals surface area contributed by atoms with Crippen LogP contribution in [0.5, 0.6) is 0 Å². The molecule has 2 aliphatic rings. The monoisotopic (exact) mass is 398 g/mol. The van der Waals surface area contributed by atoms with Crippen molar-refractivity contribution >= 4 is 34.5 Å². The number of nitrogens with one attached hydrogen (secondary N) is 2. The quantitative estimate of drug-likeness (QED) is 0.677. The standard InChI is InChI=1S/C20H22N4O5/c1-23-17-13(11-5-7-12(8-6-11)21-19(27)28)3-2-4-14(17)24(20(23)29)15-9-10-16(25)22-18(15)26/h2-5,12,15,21H,6-10H2,1H3,(H,27,28)(H,22,25,26). The number of fused-ring (bicyclic) bond motifs is 1. The first-order chi connectivity index (χ1) is 13.9. The second-order valence-corrected chi connectivity index (χ2v) is 7.50. The lowest BCUT2D eigenvalue weighted by molar-refractivity contribution is -0.135. The van der Waals surface area contributed by atoms with Gasteiger partial charge in [-0.25, -0.2) is 9.59 Å².